The molecule has 2 aliphatic rings. The summed E-state index contributed by atoms with van der Waals surface area (Å²) < 4.78 is 6.11. The van der Waals surface area contributed by atoms with E-state index in [-0.39, 0.29) is 12.3 Å². The van der Waals surface area contributed by atoms with Gasteiger partial charge in [0, 0.05) is 60.8 Å². The number of carboxylic acids is 1. The standard InChI is InChI=1S/C28H32Cl2N6O4/c29-21-10-20(11-22(30)12-21)25-7-19(16-35-4-1-18(2-5-35)9-27(38)39)8-26(34-25)40-24-14-32-28(33-15-24)36-6-3-31-13-23(37)17-36/h7-8,10-12,14-15,18,23,31,37H,1-6,9,13,16-17H2,(H,38,39). The Labute approximate surface area is 242 Å². The molecular weight excluding hydrogens is 555 g/mol. The maximum Gasteiger partial charge on any atom is 0.303 e. The Hall–Kier alpha value is -3.02. The lowest BCUT2D eigenvalue weighted by Gasteiger charge is -2.31. The van der Waals surface area contributed by atoms with Crippen molar-refractivity contribution in [1.82, 2.24) is 25.2 Å². The Bertz CT molecular complexity index is 1300. The smallest absolute Gasteiger partial charge is 0.303 e. The fraction of sp³-hybridized carbons (Fsp3) is 0.429. The molecule has 2 aliphatic heterocycles. The van der Waals surface area contributed by atoms with Crippen LogP contribution in [-0.4, -0.2) is 81.4 Å². The molecule has 3 N–H and O–H groups in total. The molecule has 0 amide bonds. The van der Waals surface area contributed by atoms with Crippen molar-refractivity contribution >= 4 is 35.1 Å². The number of benzene rings is 1. The second-order valence-corrected chi connectivity index (χ2v) is 11.2. The SMILES string of the molecule is O=C(O)CC1CCN(Cc2cc(Oc3cnc(N4CCNCC(O)C4)nc3)nc(-c3cc(Cl)cc(Cl)c3)c2)CC1. The van der Waals surface area contributed by atoms with E-state index in [2.05, 4.69) is 20.2 Å². The number of aliphatic carboxylic acids is 1. The van der Waals surface area contributed by atoms with Gasteiger partial charge in [-0.2, -0.15) is 0 Å². The van der Waals surface area contributed by atoms with Gasteiger partial charge in [-0.05, 0) is 61.7 Å². The highest BCUT2D eigenvalue weighted by Gasteiger charge is 2.22. The number of aliphatic hydroxyl groups is 1. The number of nitrogens with one attached hydrogen (secondary N) is 1. The van der Waals surface area contributed by atoms with Crippen molar-refractivity contribution in [3.63, 3.8) is 0 Å². The van der Waals surface area contributed by atoms with Crippen LogP contribution in [0.1, 0.15) is 24.8 Å². The largest absolute Gasteiger partial charge is 0.481 e. The van der Waals surface area contributed by atoms with Gasteiger partial charge in [0.25, 0.3) is 0 Å². The van der Waals surface area contributed by atoms with Crippen LogP contribution in [0.5, 0.6) is 11.6 Å². The number of pyridine rings is 1. The van der Waals surface area contributed by atoms with Crippen LogP contribution in [-0.2, 0) is 11.3 Å². The Balaban J connectivity index is 1.35. The molecular formula is C28H32Cl2N6O4. The Morgan fingerprint density at radius 3 is 2.48 bits per heavy atom. The molecule has 1 unspecified atom stereocenters. The van der Waals surface area contributed by atoms with E-state index < -0.39 is 12.1 Å². The zero-order chi connectivity index (χ0) is 28.1. The minimum atomic E-state index is -0.739. The molecule has 4 heterocycles. The van der Waals surface area contributed by atoms with Crippen LogP contribution in [0.15, 0.2) is 42.7 Å². The van der Waals surface area contributed by atoms with Crippen LogP contribution in [0, 0.1) is 5.92 Å². The molecule has 0 radical (unpaired) electrons. The summed E-state index contributed by atoms with van der Waals surface area (Å²) in [6.07, 6.45) is 4.64. The Kier molecular flexibility index (Phi) is 9.33. The van der Waals surface area contributed by atoms with Gasteiger partial charge in [0.05, 0.1) is 24.2 Å². The van der Waals surface area contributed by atoms with Crippen molar-refractivity contribution in [3.8, 4) is 22.9 Å². The summed E-state index contributed by atoms with van der Waals surface area (Å²) in [4.78, 5) is 29.0. The number of likely N-dealkylation sites (tertiary alicyclic amines) is 1. The maximum absolute atomic E-state index is 11.1. The van der Waals surface area contributed by atoms with Crippen molar-refractivity contribution in [1.29, 1.82) is 0 Å². The van der Waals surface area contributed by atoms with E-state index in [0.717, 1.165) is 43.6 Å². The molecule has 3 aromatic rings. The first-order valence-corrected chi connectivity index (χ1v) is 14.1. The van der Waals surface area contributed by atoms with Crippen LogP contribution in [0.4, 0.5) is 5.95 Å². The highest BCUT2D eigenvalue weighted by Crippen LogP contribution is 2.31. The third kappa shape index (κ3) is 7.80. The molecule has 212 valence electrons. The van der Waals surface area contributed by atoms with Crippen molar-refractivity contribution in [2.24, 2.45) is 5.92 Å². The number of anilines is 1. The Morgan fingerprint density at radius 2 is 1.77 bits per heavy atom. The van der Waals surface area contributed by atoms with E-state index in [1.807, 2.05) is 29.2 Å². The van der Waals surface area contributed by atoms with Crippen LogP contribution >= 0.6 is 23.2 Å². The molecule has 5 rings (SSSR count). The third-order valence-corrected chi connectivity index (χ3v) is 7.52. The fourth-order valence-corrected chi connectivity index (χ4v) is 5.65. The summed E-state index contributed by atoms with van der Waals surface area (Å²) >= 11 is 12.6. The number of ether oxygens (including phenoxy) is 1. The van der Waals surface area contributed by atoms with Crippen molar-refractivity contribution < 1.29 is 19.7 Å². The summed E-state index contributed by atoms with van der Waals surface area (Å²) in [6, 6.07) is 9.18. The van der Waals surface area contributed by atoms with Gasteiger partial charge in [-0.3, -0.25) is 9.69 Å². The summed E-state index contributed by atoms with van der Waals surface area (Å²) in [7, 11) is 0. The molecule has 2 fully saturated rings. The first-order valence-electron chi connectivity index (χ1n) is 13.4. The molecule has 40 heavy (non-hydrogen) atoms. The number of halogens is 2. The molecule has 1 aromatic carbocycles. The van der Waals surface area contributed by atoms with Gasteiger partial charge in [-0.1, -0.05) is 23.2 Å². The number of β-amino-alcohol motifs (C(OH)–C–C–N with tert-alkyl or cyclic N) is 1. The topological polar surface area (TPSA) is 124 Å². The monoisotopic (exact) mass is 586 g/mol. The van der Waals surface area contributed by atoms with Gasteiger partial charge in [-0.15, -0.1) is 0 Å². The van der Waals surface area contributed by atoms with Gasteiger partial charge in [0.15, 0.2) is 5.75 Å². The van der Waals surface area contributed by atoms with Crippen molar-refractivity contribution in [2.75, 3.05) is 44.2 Å². The average molecular weight is 588 g/mol. The molecule has 2 aromatic heterocycles. The molecule has 1 atom stereocenters. The highest BCUT2D eigenvalue weighted by atomic mass is 35.5. The lowest BCUT2D eigenvalue weighted by atomic mass is 9.93. The molecule has 0 saturated carbocycles. The van der Waals surface area contributed by atoms with Gasteiger partial charge in [0.2, 0.25) is 11.8 Å². The van der Waals surface area contributed by atoms with Crippen LogP contribution in [0.3, 0.4) is 0 Å². The number of carboxylic acid groups (broad SMARTS) is 1. The number of hydrogen-bond acceptors (Lipinski definition) is 9. The third-order valence-electron chi connectivity index (χ3n) is 7.09. The quantitative estimate of drug-likeness (QED) is 0.355. The van der Waals surface area contributed by atoms with E-state index in [1.165, 1.54) is 0 Å². The zero-order valence-corrected chi connectivity index (χ0v) is 23.5. The van der Waals surface area contributed by atoms with E-state index in [0.29, 0.717) is 59.5 Å². The van der Waals surface area contributed by atoms with Gasteiger partial charge >= 0.3 is 5.97 Å². The van der Waals surface area contributed by atoms with Crippen LogP contribution in [0.25, 0.3) is 11.3 Å². The number of piperidine rings is 1. The predicted molar refractivity (Wildman–Crippen MR) is 153 cm³/mol. The van der Waals surface area contributed by atoms with E-state index >= 15 is 0 Å². The van der Waals surface area contributed by atoms with Gasteiger partial charge < -0.3 is 25.2 Å². The number of carbonyl (C=O) groups is 1. The van der Waals surface area contributed by atoms with Crippen LogP contribution in [0.2, 0.25) is 10.0 Å². The molecule has 0 aliphatic carbocycles. The summed E-state index contributed by atoms with van der Waals surface area (Å²) in [5.41, 5.74) is 2.43. The van der Waals surface area contributed by atoms with Crippen molar-refractivity contribution in [2.45, 2.75) is 31.9 Å². The van der Waals surface area contributed by atoms with Crippen molar-refractivity contribution in [3.05, 3.63) is 58.3 Å². The summed E-state index contributed by atoms with van der Waals surface area (Å²) in [5.74, 6) is 0.822. The second-order valence-electron chi connectivity index (χ2n) is 10.3. The Morgan fingerprint density at radius 1 is 1.05 bits per heavy atom. The molecule has 0 spiro atoms. The molecule has 10 nitrogen and oxygen atoms in total. The van der Waals surface area contributed by atoms with Crippen LogP contribution < -0.4 is 15.0 Å². The minimum Gasteiger partial charge on any atom is -0.481 e. The number of aromatic nitrogens is 3. The summed E-state index contributed by atoms with van der Waals surface area (Å²) in [6.45, 7) is 4.75. The number of hydrogen-bond donors (Lipinski definition) is 3. The van der Waals surface area contributed by atoms with E-state index in [4.69, 9.17) is 38.0 Å². The van der Waals surface area contributed by atoms with Gasteiger partial charge in [0.1, 0.15) is 0 Å². The second kappa shape index (κ2) is 13.1. The number of rotatable bonds is 8. The first kappa shape index (κ1) is 28.5. The van der Waals surface area contributed by atoms with E-state index in [9.17, 15) is 9.90 Å². The highest BCUT2D eigenvalue weighted by molar-refractivity contribution is 6.35. The molecule has 12 heteroatoms. The molecule has 2 saturated heterocycles. The fourth-order valence-electron chi connectivity index (χ4n) is 5.13. The predicted octanol–water partition coefficient (Wildman–Crippen LogP) is 4.09. The first-order chi connectivity index (χ1) is 19.3. The van der Waals surface area contributed by atoms with Gasteiger partial charge in [-0.25, -0.2) is 15.0 Å². The average Bonchev–Trinajstić information content (AvgIpc) is 3.13. The summed E-state index contributed by atoms with van der Waals surface area (Å²) in [5, 5.41) is 23.4. The zero-order valence-electron chi connectivity index (χ0n) is 22.0. The maximum atomic E-state index is 11.1. The van der Waals surface area contributed by atoms with E-state index in [1.54, 1.807) is 18.5 Å². The lowest BCUT2D eigenvalue weighted by Crippen LogP contribution is -2.34. The minimum absolute atomic E-state index is 0.214. The lowest BCUT2D eigenvalue weighted by molar-refractivity contribution is -0.138. The number of aliphatic hydroxyl groups excluding tert-OH is 1. The number of nitrogens with zero attached hydrogens (tertiary/aromatic N) is 5. The molecule has 0 bridgehead atoms. The normalized spacial score (nSPS) is 18.9.